The largest absolute Gasteiger partial charge is 0.356 e. The average molecular weight is 334 g/mol. The number of anilines is 1. The molecule has 124 valence electrons. The molecule has 1 aliphatic heterocycles. The normalized spacial score (nSPS) is 18.6. The van der Waals surface area contributed by atoms with Gasteiger partial charge in [0, 0.05) is 50.7 Å². The first-order valence-corrected chi connectivity index (χ1v) is 8.53. The fourth-order valence-electron chi connectivity index (χ4n) is 3.13. The zero-order chi connectivity index (χ0) is 16.2. The van der Waals surface area contributed by atoms with Gasteiger partial charge in [-0.2, -0.15) is 0 Å². The highest BCUT2D eigenvalue weighted by Gasteiger charge is 2.25. The van der Waals surface area contributed by atoms with Crippen molar-refractivity contribution < 1.29 is 0 Å². The summed E-state index contributed by atoms with van der Waals surface area (Å²) in [5, 5.41) is 0.682. The fraction of sp³-hybridized carbons (Fsp3) is 0.529. The van der Waals surface area contributed by atoms with E-state index in [-0.39, 0.29) is 0 Å². The molecule has 3 heterocycles. The molecule has 2 aromatic heterocycles. The van der Waals surface area contributed by atoms with E-state index in [4.69, 9.17) is 11.6 Å². The van der Waals surface area contributed by atoms with Gasteiger partial charge < -0.3 is 14.4 Å². The van der Waals surface area contributed by atoms with Gasteiger partial charge in [-0.15, -0.1) is 0 Å². The molecule has 0 radical (unpaired) electrons. The quantitative estimate of drug-likeness (QED) is 0.843. The number of likely N-dealkylation sites (N-methyl/N-ethyl adjacent to an activating group) is 1. The zero-order valence-corrected chi connectivity index (χ0v) is 14.6. The topological polar surface area (TPSA) is 37.2 Å². The van der Waals surface area contributed by atoms with Gasteiger partial charge in [0.05, 0.1) is 5.02 Å². The van der Waals surface area contributed by atoms with Gasteiger partial charge in [-0.1, -0.05) is 11.6 Å². The van der Waals surface area contributed by atoms with Crippen molar-refractivity contribution in [3.63, 3.8) is 0 Å². The van der Waals surface area contributed by atoms with Gasteiger partial charge in [0.1, 0.15) is 11.6 Å². The standard InChI is InChI=1S/C17H24ClN5/c1-21(2)10-11-22-9-7-19-17(22)14-4-3-8-23(13-14)16-6-5-15(18)12-20-16/h5-7,9,12,14H,3-4,8,10-11,13H2,1-2H3/t14-/m1/s1. The Hall–Kier alpha value is -1.59. The molecule has 1 aliphatic rings. The molecule has 5 nitrogen and oxygen atoms in total. The summed E-state index contributed by atoms with van der Waals surface area (Å²) in [7, 11) is 4.20. The molecule has 23 heavy (non-hydrogen) atoms. The number of halogens is 1. The molecule has 1 fully saturated rings. The second-order valence-electron chi connectivity index (χ2n) is 6.40. The lowest BCUT2D eigenvalue weighted by Crippen LogP contribution is -2.36. The van der Waals surface area contributed by atoms with Gasteiger partial charge in [-0.25, -0.2) is 9.97 Å². The number of piperidine rings is 1. The molecule has 0 amide bonds. The predicted octanol–water partition coefficient (Wildman–Crippen LogP) is 2.88. The maximum absolute atomic E-state index is 5.94. The van der Waals surface area contributed by atoms with Crippen LogP contribution in [0.5, 0.6) is 0 Å². The van der Waals surface area contributed by atoms with Crippen LogP contribution in [0.3, 0.4) is 0 Å². The maximum Gasteiger partial charge on any atom is 0.128 e. The third kappa shape index (κ3) is 4.03. The number of pyridine rings is 1. The molecule has 2 aromatic rings. The number of hydrogen-bond acceptors (Lipinski definition) is 4. The fourth-order valence-corrected chi connectivity index (χ4v) is 3.24. The van der Waals surface area contributed by atoms with E-state index in [2.05, 4.69) is 44.6 Å². The Morgan fingerprint density at radius 2 is 2.17 bits per heavy atom. The Morgan fingerprint density at radius 3 is 2.91 bits per heavy atom. The van der Waals surface area contributed by atoms with E-state index in [1.54, 1.807) is 6.20 Å². The first-order valence-electron chi connectivity index (χ1n) is 8.16. The van der Waals surface area contributed by atoms with Crippen LogP contribution in [0.1, 0.15) is 24.6 Å². The second kappa shape index (κ2) is 7.32. The third-order valence-corrected chi connectivity index (χ3v) is 4.58. The number of aromatic nitrogens is 3. The van der Waals surface area contributed by atoms with Crippen molar-refractivity contribution in [2.24, 2.45) is 0 Å². The van der Waals surface area contributed by atoms with E-state index in [0.29, 0.717) is 10.9 Å². The van der Waals surface area contributed by atoms with Crippen molar-refractivity contribution in [3.8, 4) is 0 Å². The van der Waals surface area contributed by atoms with Crippen LogP contribution in [0.2, 0.25) is 5.02 Å². The Balaban J connectivity index is 1.71. The summed E-state index contributed by atoms with van der Waals surface area (Å²) in [6.45, 7) is 4.02. The monoisotopic (exact) mass is 333 g/mol. The van der Waals surface area contributed by atoms with E-state index >= 15 is 0 Å². The van der Waals surface area contributed by atoms with Crippen molar-refractivity contribution in [3.05, 3.63) is 41.6 Å². The Bertz CT molecular complexity index is 622. The lowest BCUT2D eigenvalue weighted by molar-refractivity contribution is 0.373. The van der Waals surface area contributed by atoms with Crippen LogP contribution < -0.4 is 4.90 Å². The van der Waals surface area contributed by atoms with Crippen LogP contribution in [0.4, 0.5) is 5.82 Å². The molecule has 0 aromatic carbocycles. The number of hydrogen-bond donors (Lipinski definition) is 0. The third-order valence-electron chi connectivity index (χ3n) is 4.36. The SMILES string of the molecule is CN(C)CCn1ccnc1[C@@H]1CCCN(c2ccc(Cl)cn2)C1. The van der Waals surface area contributed by atoms with Crippen LogP contribution >= 0.6 is 11.6 Å². The summed E-state index contributed by atoms with van der Waals surface area (Å²) < 4.78 is 2.30. The first-order chi connectivity index (χ1) is 11.1. The lowest BCUT2D eigenvalue weighted by Gasteiger charge is -2.33. The molecule has 0 spiro atoms. The Labute approximate surface area is 142 Å². The zero-order valence-electron chi connectivity index (χ0n) is 13.8. The van der Waals surface area contributed by atoms with Gasteiger partial charge in [-0.05, 0) is 39.1 Å². The van der Waals surface area contributed by atoms with Gasteiger partial charge in [0.15, 0.2) is 0 Å². The van der Waals surface area contributed by atoms with Crippen molar-refractivity contribution in [1.82, 2.24) is 19.4 Å². The highest BCUT2D eigenvalue weighted by atomic mass is 35.5. The molecule has 6 heteroatoms. The minimum absolute atomic E-state index is 0.457. The molecular formula is C17H24ClN5. The van der Waals surface area contributed by atoms with Gasteiger partial charge in [-0.3, -0.25) is 0 Å². The van der Waals surface area contributed by atoms with E-state index in [0.717, 1.165) is 38.4 Å². The lowest BCUT2D eigenvalue weighted by atomic mass is 9.97. The second-order valence-corrected chi connectivity index (χ2v) is 6.84. The van der Waals surface area contributed by atoms with Gasteiger partial charge in [0.2, 0.25) is 0 Å². The molecular weight excluding hydrogens is 310 g/mol. The van der Waals surface area contributed by atoms with E-state index in [1.165, 1.54) is 12.2 Å². The van der Waals surface area contributed by atoms with E-state index < -0.39 is 0 Å². The van der Waals surface area contributed by atoms with Crippen LogP contribution in [0.15, 0.2) is 30.7 Å². The van der Waals surface area contributed by atoms with Crippen LogP contribution in [-0.2, 0) is 6.54 Å². The van der Waals surface area contributed by atoms with Crippen LogP contribution in [-0.4, -0.2) is 53.2 Å². The van der Waals surface area contributed by atoms with Crippen LogP contribution in [0.25, 0.3) is 0 Å². The summed E-state index contributed by atoms with van der Waals surface area (Å²) >= 11 is 5.94. The Kier molecular flexibility index (Phi) is 5.18. The number of nitrogens with zero attached hydrogens (tertiary/aromatic N) is 5. The average Bonchev–Trinajstić information content (AvgIpc) is 3.02. The van der Waals surface area contributed by atoms with E-state index in [9.17, 15) is 0 Å². The highest BCUT2D eigenvalue weighted by molar-refractivity contribution is 6.30. The molecule has 0 saturated carbocycles. The highest BCUT2D eigenvalue weighted by Crippen LogP contribution is 2.28. The van der Waals surface area contributed by atoms with E-state index in [1.807, 2.05) is 18.3 Å². The summed E-state index contributed by atoms with van der Waals surface area (Å²) in [6, 6.07) is 3.91. The van der Waals surface area contributed by atoms with Crippen molar-refractivity contribution >= 4 is 17.4 Å². The Morgan fingerprint density at radius 1 is 1.30 bits per heavy atom. The minimum atomic E-state index is 0.457. The summed E-state index contributed by atoms with van der Waals surface area (Å²) in [5.74, 6) is 2.66. The molecule has 0 unspecified atom stereocenters. The summed E-state index contributed by atoms with van der Waals surface area (Å²) in [4.78, 5) is 13.6. The first kappa shape index (κ1) is 16.3. The van der Waals surface area contributed by atoms with Crippen molar-refractivity contribution in [1.29, 1.82) is 0 Å². The minimum Gasteiger partial charge on any atom is -0.356 e. The smallest absolute Gasteiger partial charge is 0.128 e. The summed E-state index contributed by atoms with van der Waals surface area (Å²) in [6.07, 6.45) is 8.08. The summed E-state index contributed by atoms with van der Waals surface area (Å²) in [5.41, 5.74) is 0. The number of rotatable bonds is 5. The molecule has 0 bridgehead atoms. The van der Waals surface area contributed by atoms with Crippen molar-refractivity contribution in [2.45, 2.75) is 25.3 Å². The molecule has 0 N–H and O–H groups in total. The molecule has 1 atom stereocenters. The van der Waals surface area contributed by atoms with Gasteiger partial charge in [0.25, 0.3) is 0 Å². The van der Waals surface area contributed by atoms with Crippen LogP contribution in [0, 0.1) is 0 Å². The van der Waals surface area contributed by atoms with Crippen molar-refractivity contribution in [2.75, 3.05) is 38.6 Å². The van der Waals surface area contributed by atoms with Gasteiger partial charge >= 0.3 is 0 Å². The molecule has 0 aliphatic carbocycles. The predicted molar refractivity (Wildman–Crippen MR) is 94.2 cm³/mol. The number of imidazole rings is 1. The maximum atomic E-state index is 5.94. The molecule has 3 rings (SSSR count). The molecule has 1 saturated heterocycles.